The largest absolute Gasteiger partial charge is 0.313 e. The summed E-state index contributed by atoms with van der Waals surface area (Å²) in [5, 5.41) is 6.16. The van der Waals surface area contributed by atoms with Crippen molar-refractivity contribution < 1.29 is 4.79 Å². The minimum atomic E-state index is -0.0199. The number of piperazine rings is 1. The maximum absolute atomic E-state index is 12.9. The molecule has 0 bridgehead atoms. The summed E-state index contributed by atoms with van der Waals surface area (Å²) in [6.07, 6.45) is 0. The molecule has 158 valence electrons. The van der Waals surface area contributed by atoms with Crippen LogP contribution in [0.3, 0.4) is 0 Å². The van der Waals surface area contributed by atoms with E-state index in [1.807, 2.05) is 17.5 Å². The Morgan fingerprint density at radius 1 is 1.03 bits per heavy atom. The number of anilines is 1. The van der Waals surface area contributed by atoms with Crippen molar-refractivity contribution in [2.24, 2.45) is 0 Å². The molecule has 1 aliphatic rings. The molecular weight excluding hydrogens is 410 g/mol. The van der Waals surface area contributed by atoms with Crippen LogP contribution in [0.2, 0.25) is 0 Å². The van der Waals surface area contributed by atoms with Crippen LogP contribution in [0.15, 0.2) is 41.8 Å². The molecule has 1 saturated heterocycles. The van der Waals surface area contributed by atoms with Crippen molar-refractivity contribution in [2.45, 2.75) is 26.8 Å². The molecule has 3 heterocycles. The van der Waals surface area contributed by atoms with Crippen molar-refractivity contribution in [3.63, 3.8) is 0 Å². The fourth-order valence-corrected chi connectivity index (χ4v) is 5.73. The molecule has 0 unspecified atom stereocenters. The van der Waals surface area contributed by atoms with E-state index in [2.05, 4.69) is 67.2 Å². The van der Waals surface area contributed by atoms with Gasteiger partial charge in [-0.3, -0.25) is 9.69 Å². The summed E-state index contributed by atoms with van der Waals surface area (Å²) in [5.74, 6) is -0.0199. The Bertz CT molecular complexity index is 1000. The van der Waals surface area contributed by atoms with Crippen molar-refractivity contribution in [1.82, 2.24) is 9.80 Å². The van der Waals surface area contributed by atoms with E-state index < -0.39 is 0 Å². The minimum Gasteiger partial charge on any atom is -0.313 e. The number of aryl methyl sites for hydroxylation is 2. The molecule has 30 heavy (non-hydrogen) atoms. The molecule has 1 amide bonds. The van der Waals surface area contributed by atoms with Crippen LogP contribution in [0.25, 0.3) is 0 Å². The highest BCUT2D eigenvalue weighted by atomic mass is 32.1. The molecule has 0 radical (unpaired) electrons. The number of hydrogen-bond acceptors (Lipinski definition) is 5. The summed E-state index contributed by atoms with van der Waals surface area (Å²) in [7, 11) is 2.19. The van der Waals surface area contributed by atoms with E-state index in [0.29, 0.717) is 0 Å². The molecule has 1 aliphatic heterocycles. The Balaban J connectivity index is 1.76. The molecule has 0 spiro atoms. The Morgan fingerprint density at radius 3 is 2.37 bits per heavy atom. The van der Waals surface area contributed by atoms with Gasteiger partial charge in [-0.05, 0) is 50.4 Å². The van der Waals surface area contributed by atoms with Gasteiger partial charge in [-0.1, -0.05) is 35.9 Å². The lowest BCUT2D eigenvalue weighted by molar-refractivity contribution is 0.103. The van der Waals surface area contributed by atoms with Crippen molar-refractivity contribution in [1.29, 1.82) is 0 Å². The molecular formula is C24H29N3OS2. The molecule has 3 aromatic rings. The second kappa shape index (κ2) is 9.02. The van der Waals surface area contributed by atoms with Gasteiger partial charge < -0.3 is 10.2 Å². The predicted molar refractivity (Wildman–Crippen MR) is 128 cm³/mol. The Labute approximate surface area is 187 Å². The van der Waals surface area contributed by atoms with E-state index >= 15 is 0 Å². The molecule has 0 aliphatic carbocycles. The SMILES string of the molecule is Cc1ccc([C@@H](c2c(NC(=O)c3cccs3)sc(C)c2C)N2CCN(C)CC2)cc1. The number of carbonyl (C=O) groups excluding carboxylic acids is 1. The number of amides is 1. The lowest BCUT2D eigenvalue weighted by Crippen LogP contribution is -2.46. The van der Waals surface area contributed by atoms with Gasteiger partial charge in [0.2, 0.25) is 0 Å². The van der Waals surface area contributed by atoms with E-state index in [-0.39, 0.29) is 11.9 Å². The third-order valence-electron chi connectivity index (χ3n) is 5.97. The normalized spacial score (nSPS) is 16.5. The smallest absolute Gasteiger partial charge is 0.266 e. The van der Waals surface area contributed by atoms with Crippen molar-refractivity contribution in [3.05, 3.63) is 73.8 Å². The van der Waals surface area contributed by atoms with Crippen LogP contribution in [0.4, 0.5) is 5.00 Å². The first-order valence-corrected chi connectivity index (χ1v) is 12.1. The number of carbonyl (C=O) groups is 1. The van der Waals surface area contributed by atoms with Crippen molar-refractivity contribution in [3.8, 4) is 0 Å². The number of hydrogen-bond donors (Lipinski definition) is 1. The highest BCUT2D eigenvalue weighted by Crippen LogP contribution is 2.42. The number of rotatable bonds is 5. The Morgan fingerprint density at radius 2 is 1.73 bits per heavy atom. The fraction of sp³-hybridized carbons (Fsp3) is 0.375. The summed E-state index contributed by atoms with van der Waals surface area (Å²) >= 11 is 3.17. The van der Waals surface area contributed by atoms with Crippen LogP contribution < -0.4 is 5.32 Å². The summed E-state index contributed by atoms with van der Waals surface area (Å²) in [5.41, 5.74) is 5.08. The van der Waals surface area contributed by atoms with E-state index in [9.17, 15) is 4.79 Å². The molecule has 4 rings (SSSR count). The van der Waals surface area contributed by atoms with E-state index in [1.165, 1.54) is 38.5 Å². The van der Waals surface area contributed by atoms with Gasteiger partial charge in [-0.15, -0.1) is 22.7 Å². The quantitative estimate of drug-likeness (QED) is 0.584. The van der Waals surface area contributed by atoms with Crippen molar-refractivity contribution in [2.75, 3.05) is 38.5 Å². The van der Waals surface area contributed by atoms with Gasteiger partial charge in [0, 0.05) is 36.6 Å². The van der Waals surface area contributed by atoms with Crippen LogP contribution in [0, 0.1) is 20.8 Å². The fourth-order valence-electron chi connectivity index (χ4n) is 4.03. The average Bonchev–Trinajstić information content (AvgIpc) is 3.36. The Hall–Kier alpha value is -1.99. The lowest BCUT2D eigenvalue weighted by Gasteiger charge is -2.39. The zero-order valence-electron chi connectivity index (χ0n) is 18.1. The van der Waals surface area contributed by atoms with Crippen LogP contribution >= 0.6 is 22.7 Å². The number of likely N-dealkylation sites (N-methyl/N-ethyl adjacent to an activating group) is 1. The molecule has 1 fully saturated rings. The standard InChI is InChI=1S/C24H29N3OS2/c1-16-7-9-19(10-8-16)22(27-13-11-26(4)12-14-27)21-17(2)18(3)30-24(21)25-23(28)20-6-5-15-29-20/h5-10,15,22H,11-14H2,1-4H3,(H,25,28)/t22-/m0/s1. The molecule has 4 nitrogen and oxygen atoms in total. The summed E-state index contributed by atoms with van der Waals surface area (Å²) in [6, 6.07) is 12.8. The lowest BCUT2D eigenvalue weighted by atomic mass is 9.93. The van der Waals surface area contributed by atoms with E-state index in [1.54, 1.807) is 11.3 Å². The van der Waals surface area contributed by atoms with Gasteiger partial charge in [0.1, 0.15) is 5.00 Å². The van der Waals surface area contributed by atoms with Crippen LogP contribution in [-0.4, -0.2) is 48.9 Å². The number of nitrogens with zero attached hydrogens (tertiary/aromatic N) is 2. The number of thiophene rings is 2. The van der Waals surface area contributed by atoms with Crippen LogP contribution in [0.1, 0.15) is 42.8 Å². The number of benzene rings is 1. The second-order valence-corrected chi connectivity index (χ2v) is 10.3. The second-order valence-electron chi connectivity index (χ2n) is 8.11. The van der Waals surface area contributed by atoms with Gasteiger partial charge in [0.05, 0.1) is 10.9 Å². The highest BCUT2D eigenvalue weighted by molar-refractivity contribution is 7.17. The van der Waals surface area contributed by atoms with Gasteiger partial charge in [0.15, 0.2) is 0 Å². The molecule has 1 N–H and O–H groups in total. The number of nitrogens with one attached hydrogen (secondary N) is 1. The minimum absolute atomic E-state index is 0.0199. The summed E-state index contributed by atoms with van der Waals surface area (Å²) < 4.78 is 0. The molecule has 1 aromatic carbocycles. The maximum Gasteiger partial charge on any atom is 0.266 e. The molecule has 0 saturated carbocycles. The van der Waals surface area contributed by atoms with Gasteiger partial charge in [-0.25, -0.2) is 0 Å². The van der Waals surface area contributed by atoms with E-state index in [0.717, 1.165) is 36.1 Å². The maximum atomic E-state index is 12.9. The monoisotopic (exact) mass is 439 g/mol. The summed E-state index contributed by atoms with van der Waals surface area (Å²) in [6.45, 7) is 10.6. The van der Waals surface area contributed by atoms with Gasteiger partial charge in [-0.2, -0.15) is 0 Å². The highest BCUT2D eigenvalue weighted by Gasteiger charge is 2.31. The first-order valence-electron chi connectivity index (χ1n) is 10.4. The molecule has 2 aromatic heterocycles. The molecule has 1 atom stereocenters. The molecule has 6 heteroatoms. The van der Waals surface area contributed by atoms with Crippen LogP contribution in [0.5, 0.6) is 0 Å². The van der Waals surface area contributed by atoms with Gasteiger partial charge in [0.25, 0.3) is 5.91 Å². The Kier molecular flexibility index (Phi) is 6.39. The predicted octanol–water partition coefficient (Wildman–Crippen LogP) is 5.32. The first-order chi connectivity index (χ1) is 14.4. The zero-order chi connectivity index (χ0) is 21.3. The topological polar surface area (TPSA) is 35.6 Å². The average molecular weight is 440 g/mol. The van der Waals surface area contributed by atoms with E-state index in [4.69, 9.17) is 0 Å². The third-order valence-corrected chi connectivity index (χ3v) is 7.98. The van der Waals surface area contributed by atoms with Crippen LogP contribution in [-0.2, 0) is 0 Å². The first kappa shape index (κ1) is 21.2. The zero-order valence-corrected chi connectivity index (χ0v) is 19.7. The third kappa shape index (κ3) is 4.37. The van der Waals surface area contributed by atoms with Crippen molar-refractivity contribution >= 4 is 33.6 Å². The van der Waals surface area contributed by atoms with Gasteiger partial charge >= 0.3 is 0 Å². The summed E-state index contributed by atoms with van der Waals surface area (Å²) in [4.78, 5) is 19.8.